The zero-order chi connectivity index (χ0) is 24.1. The smallest absolute Gasteiger partial charge is 0.266 e. The number of nitriles is 1. The van der Waals surface area contributed by atoms with E-state index in [-0.39, 0.29) is 11.4 Å². The van der Waals surface area contributed by atoms with E-state index in [1.807, 2.05) is 74.5 Å². The van der Waals surface area contributed by atoms with Gasteiger partial charge in [-0.25, -0.2) is 4.39 Å². The molecule has 0 bridgehead atoms. The molecule has 0 heterocycles. The number of ether oxygens (including phenoxy) is 1. The van der Waals surface area contributed by atoms with Crippen molar-refractivity contribution in [1.82, 2.24) is 0 Å². The van der Waals surface area contributed by atoms with Crippen LogP contribution >= 0.6 is 0 Å². The fourth-order valence-corrected chi connectivity index (χ4v) is 3.81. The van der Waals surface area contributed by atoms with E-state index in [2.05, 4.69) is 5.32 Å². The average Bonchev–Trinajstić information content (AvgIpc) is 2.83. The van der Waals surface area contributed by atoms with Crippen LogP contribution in [0.1, 0.15) is 22.3 Å². The number of fused-ring (bicyclic) bond motifs is 1. The van der Waals surface area contributed by atoms with E-state index in [0.29, 0.717) is 12.3 Å². The Bertz CT molecular complexity index is 1410. The van der Waals surface area contributed by atoms with Gasteiger partial charge in [-0.15, -0.1) is 0 Å². The number of benzene rings is 4. The lowest BCUT2D eigenvalue weighted by Crippen LogP contribution is -2.13. The Morgan fingerprint density at radius 2 is 1.65 bits per heavy atom. The SMILES string of the molecule is Cc1cc(/C=C(\C#N)C(=O)Nc2ccc3ccccc3c2)cc(C)c1OCc1ccc(F)cc1. The molecular formula is C29H23FN2O2. The van der Waals surface area contributed by atoms with E-state index < -0.39 is 5.91 Å². The standard InChI is InChI=1S/C29H23FN2O2/c1-19-13-22(14-20(2)28(19)34-18-21-7-10-26(30)11-8-21)15-25(17-31)29(33)32-27-12-9-23-5-3-4-6-24(23)16-27/h3-16H,18H2,1-2H3,(H,32,33)/b25-15+. The van der Waals surface area contributed by atoms with Gasteiger partial charge in [-0.1, -0.05) is 42.5 Å². The molecule has 0 spiro atoms. The Hall–Kier alpha value is -4.43. The Kier molecular flexibility index (Phi) is 6.70. The monoisotopic (exact) mass is 450 g/mol. The molecule has 0 fully saturated rings. The third-order valence-electron chi connectivity index (χ3n) is 5.46. The van der Waals surface area contributed by atoms with Gasteiger partial charge in [0.05, 0.1) is 0 Å². The normalized spacial score (nSPS) is 11.2. The zero-order valence-electron chi connectivity index (χ0n) is 18.9. The van der Waals surface area contributed by atoms with Crippen LogP contribution in [0.3, 0.4) is 0 Å². The van der Waals surface area contributed by atoms with E-state index in [9.17, 15) is 14.4 Å². The summed E-state index contributed by atoms with van der Waals surface area (Å²) in [7, 11) is 0. The molecule has 34 heavy (non-hydrogen) atoms. The first-order chi connectivity index (χ1) is 16.4. The van der Waals surface area contributed by atoms with E-state index in [1.165, 1.54) is 12.1 Å². The van der Waals surface area contributed by atoms with Gasteiger partial charge in [0, 0.05) is 5.69 Å². The molecule has 168 valence electrons. The van der Waals surface area contributed by atoms with Gasteiger partial charge in [-0.3, -0.25) is 4.79 Å². The van der Waals surface area contributed by atoms with Crippen molar-refractivity contribution in [2.24, 2.45) is 0 Å². The van der Waals surface area contributed by atoms with Crippen molar-refractivity contribution in [2.45, 2.75) is 20.5 Å². The fourth-order valence-electron chi connectivity index (χ4n) is 3.81. The Morgan fingerprint density at radius 3 is 2.32 bits per heavy atom. The van der Waals surface area contributed by atoms with Crippen molar-refractivity contribution in [3.05, 3.63) is 113 Å². The van der Waals surface area contributed by atoms with Gasteiger partial charge in [-0.2, -0.15) is 5.26 Å². The quantitative estimate of drug-likeness (QED) is 0.262. The van der Waals surface area contributed by atoms with Crippen LogP contribution in [0.2, 0.25) is 0 Å². The van der Waals surface area contributed by atoms with Crippen LogP contribution in [-0.2, 0) is 11.4 Å². The number of aryl methyl sites for hydroxylation is 2. The predicted molar refractivity (Wildman–Crippen MR) is 133 cm³/mol. The molecule has 0 aliphatic carbocycles. The summed E-state index contributed by atoms with van der Waals surface area (Å²) in [4.78, 5) is 12.8. The minimum atomic E-state index is -0.468. The number of rotatable bonds is 6. The topological polar surface area (TPSA) is 62.1 Å². The van der Waals surface area contributed by atoms with Gasteiger partial charge < -0.3 is 10.1 Å². The number of carbonyl (C=O) groups is 1. The first-order valence-corrected chi connectivity index (χ1v) is 10.8. The van der Waals surface area contributed by atoms with Gasteiger partial charge in [-0.05, 0) is 89.3 Å². The highest BCUT2D eigenvalue weighted by molar-refractivity contribution is 6.10. The van der Waals surface area contributed by atoms with Crippen LogP contribution in [0.15, 0.2) is 84.4 Å². The van der Waals surface area contributed by atoms with Gasteiger partial charge in [0.2, 0.25) is 0 Å². The molecule has 0 aliphatic rings. The first kappa shape index (κ1) is 22.8. The minimum absolute atomic E-state index is 0.00643. The van der Waals surface area contributed by atoms with Crippen molar-refractivity contribution in [2.75, 3.05) is 5.32 Å². The lowest BCUT2D eigenvalue weighted by Gasteiger charge is -2.13. The van der Waals surface area contributed by atoms with E-state index in [0.717, 1.165) is 38.8 Å². The minimum Gasteiger partial charge on any atom is -0.488 e. The highest BCUT2D eigenvalue weighted by Crippen LogP contribution is 2.27. The molecule has 4 aromatic carbocycles. The molecule has 0 atom stereocenters. The number of hydrogen-bond acceptors (Lipinski definition) is 3. The summed E-state index contributed by atoms with van der Waals surface area (Å²) in [5.41, 5.74) is 3.98. The molecule has 5 heteroatoms. The molecule has 0 saturated carbocycles. The van der Waals surface area contributed by atoms with Crippen molar-refractivity contribution >= 4 is 28.4 Å². The van der Waals surface area contributed by atoms with Crippen LogP contribution in [-0.4, -0.2) is 5.91 Å². The van der Waals surface area contributed by atoms with Gasteiger partial charge in [0.1, 0.15) is 29.8 Å². The number of nitrogens with one attached hydrogen (secondary N) is 1. The summed E-state index contributed by atoms with van der Waals surface area (Å²) in [5, 5.41) is 14.5. The predicted octanol–water partition coefficient (Wildman–Crippen LogP) is 6.72. The molecule has 1 amide bonds. The molecule has 0 unspecified atom stereocenters. The van der Waals surface area contributed by atoms with Crippen LogP contribution in [0.25, 0.3) is 16.8 Å². The maximum absolute atomic E-state index is 13.1. The van der Waals surface area contributed by atoms with Crippen molar-refractivity contribution in [1.29, 1.82) is 5.26 Å². The highest BCUT2D eigenvalue weighted by Gasteiger charge is 2.12. The van der Waals surface area contributed by atoms with E-state index >= 15 is 0 Å². The summed E-state index contributed by atoms with van der Waals surface area (Å²) in [6.07, 6.45) is 1.57. The van der Waals surface area contributed by atoms with Crippen molar-refractivity contribution < 1.29 is 13.9 Å². The maximum atomic E-state index is 13.1. The number of halogens is 1. The molecular weight excluding hydrogens is 427 g/mol. The molecule has 4 nitrogen and oxygen atoms in total. The van der Waals surface area contributed by atoms with E-state index in [1.54, 1.807) is 18.2 Å². The molecule has 0 radical (unpaired) electrons. The third kappa shape index (κ3) is 5.31. The summed E-state index contributed by atoms with van der Waals surface area (Å²) >= 11 is 0. The van der Waals surface area contributed by atoms with Crippen LogP contribution < -0.4 is 10.1 Å². The van der Waals surface area contributed by atoms with Gasteiger partial charge in [0.15, 0.2) is 0 Å². The number of nitrogens with zero attached hydrogens (tertiary/aromatic N) is 1. The Morgan fingerprint density at radius 1 is 0.971 bits per heavy atom. The maximum Gasteiger partial charge on any atom is 0.266 e. The molecule has 1 N–H and O–H groups in total. The van der Waals surface area contributed by atoms with E-state index in [4.69, 9.17) is 4.74 Å². The zero-order valence-corrected chi connectivity index (χ0v) is 18.9. The third-order valence-corrected chi connectivity index (χ3v) is 5.46. The van der Waals surface area contributed by atoms with Crippen LogP contribution in [0, 0.1) is 31.0 Å². The number of hydrogen-bond donors (Lipinski definition) is 1. The summed E-state index contributed by atoms with van der Waals surface area (Å²) in [6.45, 7) is 4.13. The Labute approximate surface area is 197 Å². The number of anilines is 1. The lowest BCUT2D eigenvalue weighted by molar-refractivity contribution is -0.112. The summed E-state index contributed by atoms with van der Waals surface area (Å²) < 4.78 is 19.1. The lowest BCUT2D eigenvalue weighted by atomic mass is 10.0. The van der Waals surface area contributed by atoms with Crippen molar-refractivity contribution in [3.8, 4) is 11.8 Å². The second kappa shape index (κ2) is 10.0. The fraction of sp³-hybridized carbons (Fsp3) is 0.103. The number of amides is 1. The second-order valence-corrected chi connectivity index (χ2v) is 8.08. The molecule has 4 rings (SSSR count). The molecule has 0 saturated heterocycles. The molecule has 0 aliphatic heterocycles. The summed E-state index contributed by atoms with van der Waals surface area (Å²) in [5.74, 6) is -0.0319. The van der Waals surface area contributed by atoms with Gasteiger partial charge >= 0.3 is 0 Å². The Balaban J connectivity index is 1.50. The largest absolute Gasteiger partial charge is 0.488 e. The highest BCUT2D eigenvalue weighted by atomic mass is 19.1. The second-order valence-electron chi connectivity index (χ2n) is 8.08. The van der Waals surface area contributed by atoms with Crippen LogP contribution in [0.5, 0.6) is 5.75 Å². The number of carbonyl (C=O) groups excluding carboxylic acids is 1. The van der Waals surface area contributed by atoms with Crippen molar-refractivity contribution in [3.63, 3.8) is 0 Å². The average molecular weight is 451 g/mol. The first-order valence-electron chi connectivity index (χ1n) is 10.8. The molecule has 0 aromatic heterocycles. The van der Waals surface area contributed by atoms with Crippen LogP contribution in [0.4, 0.5) is 10.1 Å². The van der Waals surface area contributed by atoms with Gasteiger partial charge in [0.25, 0.3) is 5.91 Å². The summed E-state index contributed by atoms with van der Waals surface area (Å²) in [6, 6.07) is 25.4. The molecule has 4 aromatic rings.